The average Bonchev–Trinajstić information content (AvgIpc) is 2.42. The lowest BCUT2D eigenvalue weighted by Gasteiger charge is -2.38. The van der Waals surface area contributed by atoms with Crippen molar-refractivity contribution in [1.82, 2.24) is 4.90 Å². The van der Waals surface area contributed by atoms with Crippen LogP contribution in [-0.2, 0) is 4.79 Å². The van der Waals surface area contributed by atoms with Crippen LogP contribution in [0.1, 0.15) is 19.3 Å². The molecular weight excluding hydrogens is 240 g/mol. The molecule has 1 fully saturated rings. The number of likely N-dealkylation sites (tertiary alicyclic amines) is 1. The highest BCUT2D eigenvalue weighted by atomic mass is 16.4. The molecule has 0 unspecified atom stereocenters. The molecule has 0 atom stereocenters. The molecule has 1 aromatic carbocycles. The van der Waals surface area contributed by atoms with Crippen LogP contribution in [0, 0.1) is 0 Å². The van der Waals surface area contributed by atoms with Crippen molar-refractivity contribution in [3.63, 3.8) is 0 Å². The van der Waals surface area contributed by atoms with Gasteiger partial charge in [0.2, 0.25) is 0 Å². The summed E-state index contributed by atoms with van der Waals surface area (Å²) in [5.74, 6) is -0.728. The first-order valence-corrected chi connectivity index (χ1v) is 6.89. The Balaban J connectivity index is 2.07. The van der Waals surface area contributed by atoms with Crippen molar-refractivity contribution in [2.75, 3.05) is 31.6 Å². The number of anilines is 1. The third-order valence-corrected chi connectivity index (χ3v) is 3.78. The van der Waals surface area contributed by atoms with E-state index < -0.39 is 5.97 Å². The van der Waals surface area contributed by atoms with Crippen molar-refractivity contribution >= 4 is 11.7 Å². The Kier molecular flexibility index (Phi) is 4.80. The average molecular weight is 262 g/mol. The maximum absolute atomic E-state index is 10.8. The molecule has 0 bridgehead atoms. The minimum absolute atomic E-state index is 0.196. The summed E-state index contributed by atoms with van der Waals surface area (Å²) in [4.78, 5) is 15.4. The first-order valence-electron chi connectivity index (χ1n) is 6.89. The van der Waals surface area contributed by atoms with E-state index in [4.69, 9.17) is 5.11 Å². The summed E-state index contributed by atoms with van der Waals surface area (Å²) in [6.45, 7) is 2.76. The molecule has 1 aliphatic rings. The van der Waals surface area contributed by atoms with Crippen molar-refractivity contribution in [2.45, 2.75) is 25.3 Å². The maximum Gasteiger partial charge on any atom is 0.305 e. The Morgan fingerprint density at radius 3 is 2.53 bits per heavy atom. The Morgan fingerprint density at radius 1 is 1.32 bits per heavy atom. The SMILES string of the molecule is CN1CCC(N(CCC(=O)O)c2ccccc2)CC1. The van der Waals surface area contributed by atoms with Gasteiger partial charge < -0.3 is 14.9 Å². The second-order valence-corrected chi connectivity index (χ2v) is 5.21. The highest BCUT2D eigenvalue weighted by Crippen LogP contribution is 2.23. The number of rotatable bonds is 5. The maximum atomic E-state index is 10.8. The number of hydrogen-bond acceptors (Lipinski definition) is 3. The van der Waals surface area contributed by atoms with Gasteiger partial charge >= 0.3 is 5.97 Å². The number of piperidine rings is 1. The second-order valence-electron chi connectivity index (χ2n) is 5.21. The van der Waals surface area contributed by atoms with Crippen LogP contribution in [0.2, 0.25) is 0 Å². The van der Waals surface area contributed by atoms with Gasteiger partial charge in [-0.1, -0.05) is 18.2 Å². The molecule has 0 aromatic heterocycles. The lowest BCUT2D eigenvalue weighted by Crippen LogP contribution is -2.44. The second kappa shape index (κ2) is 6.57. The Morgan fingerprint density at radius 2 is 1.95 bits per heavy atom. The summed E-state index contributed by atoms with van der Waals surface area (Å²) >= 11 is 0. The monoisotopic (exact) mass is 262 g/mol. The van der Waals surface area contributed by atoms with Crippen LogP contribution in [0.5, 0.6) is 0 Å². The molecule has 1 aromatic rings. The third kappa shape index (κ3) is 3.96. The van der Waals surface area contributed by atoms with Crippen LogP contribution in [0.4, 0.5) is 5.69 Å². The normalized spacial score (nSPS) is 17.3. The van der Waals surface area contributed by atoms with Crippen molar-refractivity contribution in [1.29, 1.82) is 0 Å². The molecule has 0 radical (unpaired) electrons. The highest BCUT2D eigenvalue weighted by molar-refractivity contribution is 5.67. The number of nitrogens with zero attached hydrogens (tertiary/aromatic N) is 2. The van der Waals surface area contributed by atoms with Gasteiger partial charge in [-0.25, -0.2) is 0 Å². The number of carboxylic acid groups (broad SMARTS) is 1. The Bertz CT molecular complexity index is 400. The molecule has 0 aliphatic carbocycles. The van der Waals surface area contributed by atoms with Gasteiger partial charge in [0.1, 0.15) is 0 Å². The van der Waals surface area contributed by atoms with Crippen LogP contribution in [0.15, 0.2) is 30.3 Å². The van der Waals surface area contributed by atoms with Gasteiger partial charge in [0, 0.05) is 18.3 Å². The Hall–Kier alpha value is -1.55. The van der Waals surface area contributed by atoms with E-state index >= 15 is 0 Å². The fourth-order valence-corrected chi connectivity index (χ4v) is 2.66. The number of carboxylic acids is 1. The Labute approximate surface area is 114 Å². The molecule has 0 saturated carbocycles. The molecule has 19 heavy (non-hydrogen) atoms. The van der Waals surface area contributed by atoms with E-state index in [0.717, 1.165) is 31.6 Å². The van der Waals surface area contributed by atoms with Crippen molar-refractivity contribution in [3.05, 3.63) is 30.3 Å². The van der Waals surface area contributed by atoms with Gasteiger partial charge in [-0.15, -0.1) is 0 Å². The molecule has 2 rings (SSSR count). The van der Waals surface area contributed by atoms with E-state index in [1.807, 2.05) is 18.2 Å². The zero-order valence-electron chi connectivity index (χ0n) is 11.5. The molecular formula is C15H22N2O2. The first-order chi connectivity index (χ1) is 9.16. The summed E-state index contributed by atoms with van der Waals surface area (Å²) in [7, 11) is 2.14. The third-order valence-electron chi connectivity index (χ3n) is 3.78. The van der Waals surface area contributed by atoms with Crippen LogP contribution in [0.25, 0.3) is 0 Å². The van der Waals surface area contributed by atoms with Gasteiger partial charge in [-0.05, 0) is 45.1 Å². The van der Waals surface area contributed by atoms with E-state index in [-0.39, 0.29) is 6.42 Å². The van der Waals surface area contributed by atoms with E-state index in [1.54, 1.807) is 0 Å². The smallest absolute Gasteiger partial charge is 0.305 e. The van der Waals surface area contributed by atoms with Crippen molar-refractivity contribution < 1.29 is 9.90 Å². The van der Waals surface area contributed by atoms with Crippen LogP contribution < -0.4 is 4.90 Å². The summed E-state index contributed by atoms with van der Waals surface area (Å²) in [5.41, 5.74) is 1.14. The number of carbonyl (C=O) groups is 1. The quantitative estimate of drug-likeness (QED) is 0.882. The van der Waals surface area contributed by atoms with Gasteiger partial charge in [0.05, 0.1) is 6.42 Å². The number of hydrogen-bond donors (Lipinski definition) is 1. The summed E-state index contributed by atoms with van der Waals surface area (Å²) in [5, 5.41) is 8.91. The number of benzene rings is 1. The van der Waals surface area contributed by atoms with Crippen molar-refractivity contribution in [3.8, 4) is 0 Å². The molecule has 1 N–H and O–H groups in total. The minimum Gasteiger partial charge on any atom is -0.481 e. The van der Waals surface area contributed by atoms with Crippen LogP contribution in [-0.4, -0.2) is 48.7 Å². The van der Waals surface area contributed by atoms with E-state index in [1.165, 1.54) is 0 Å². The molecule has 1 heterocycles. The fraction of sp³-hybridized carbons (Fsp3) is 0.533. The highest BCUT2D eigenvalue weighted by Gasteiger charge is 2.23. The molecule has 4 nitrogen and oxygen atoms in total. The zero-order chi connectivity index (χ0) is 13.7. The standard InChI is InChI=1S/C15H22N2O2/c1-16-10-7-14(8-11-16)17(12-9-15(18)19)13-5-3-2-4-6-13/h2-6,14H,7-12H2,1H3,(H,18,19). The predicted octanol–water partition coefficient (Wildman–Crippen LogP) is 2.06. The molecule has 0 amide bonds. The predicted molar refractivity (Wildman–Crippen MR) is 76.6 cm³/mol. The van der Waals surface area contributed by atoms with Gasteiger partial charge in [-0.2, -0.15) is 0 Å². The first kappa shape index (κ1) is 13.9. The largest absolute Gasteiger partial charge is 0.481 e. The molecule has 4 heteroatoms. The van der Waals surface area contributed by atoms with Gasteiger partial charge in [0.15, 0.2) is 0 Å². The summed E-state index contributed by atoms with van der Waals surface area (Å²) in [6, 6.07) is 10.6. The molecule has 0 spiro atoms. The van der Waals surface area contributed by atoms with Crippen LogP contribution in [0.3, 0.4) is 0 Å². The topological polar surface area (TPSA) is 43.8 Å². The molecule has 1 aliphatic heterocycles. The van der Waals surface area contributed by atoms with Crippen LogP contribution >= 0.6 is 0 Å². The van der Waals surface area contributed by atoms with Crippen molar-refractivity contribution in [2.24, 2.45) is 0 Å². The lowest BCUT2D eigenvalue weighted by molar-refractivity contribution is -0.136. The number of aliphatic carboxylic acids is 1. The van der Waals surface area contributed by atoms with Gasteiger partial charge in [-0.3, -0.25) is 4.79 Å². The number of para-hydroxylation sites is 1. The van der Waals surface area contributed by atoms with E-state index in [0.29, 0.717) is 12.6 Å². The van der Waals surface area contributed by atoms with E-state index in [9.17, 15) is 4.79 Å². The summed E-state index contributed by atoms with van der Waals surface area (Å²) in [6.07, 6.45) is 2.40. The minimum atomic E-state index is -0.728. The molecule has 1 saturated heterocycles. The lowest BCUT2D eigenvalue weighted by atomic mass is 10.0. The fourth-order valence-electron chi connectivity index (χ4n) is 2.66. The zero-order valence-corrected chi connectivity index (χ0v) is 11.5. The molecule has 104 valence electrons. The van der Waals surface area contributed by atoms with Gasteiger partial charge in [0.25, 0.3) is 0 Å². The van der Waals surface area contributed by atoms with E-state index in [2.05, 4.69) is 29.0 Å². The summed E-state index contributed by atoms with van der Waals surface area (Å²) < 4.78 is 0.